The summed E-state index contributed by atoms with van der Waals surface area (Å²) in [7, 11) is 0. The number of nitrogens with zero attached hydrogens (tertiary/aromatic N) is 1. The summed E-state index contributed by atoms with van der Waals surface area (Å²) in [6, 6.07) is 17.3. The molecule has 2 aromatic carbocycles. The molecule has 0 bridgehead atoms. The Hall–Kier alpha value is -2.92. The minimum Gasteiger partial charge on any atom is -0.485 e. The maximum Gasteiger partial charge on any atom is 0.298 e. The first-order valence-electron chi connectivity index (χ1n) is 8.30. The third-order valence-corrected chi connectivity index (χ3v) is 4.10. The van der Waals surface area contributed by atoms with Crippen LogP contribution in [0.1, 0.15) is 18.1 Å². The molecule has 1 aliphatic rings. The van der Waals surface area contributed by atoms with E-state index in [1.165, 1.54) is 0 Å². The van der Waals surface area contributed by atoms with Crippen molar-refractivity contribution in [1.82, 2.24) is 5.43 Å². The van der Waals surface area contributed by atoms with Crippen LogP contribution in [0, 0.1) is 0 Å². The average Bonchev–Trinajstić information content (AvgIpc) is 2.62. The van der Waals surface area contributed by atoms with Gasteiger partial charge in [-0.25, -0.2) is 5.43 Å². The van der Waals surface area contributed by atoms with Gasteiger partial charge in [-0.3, -0.25) is 4.79 Å². The van der Waals surface area contributed by atoms with E-state index in [1.54, 1.807) is 6.21 Å². The number of ether oxygens (including phenoxy) is 1. The highest BCUT2D eigenvalue weighted by Gasteiger charge is 2.19. The lowest BCUT2D eigenvalue weighted by Gasteiger charge is -2.22. The van der Waals surface area contributed by atoms with Crippen LogP contribution in [-0.2, 0) is 11.2 Å². The van der Waals surface area contributed by atoms with Crippen molar-refractivity contribution in [2.45, 2.75) is 25.5 Å². The quantitative estimate of drug-likeness (QED) is 0.645. The Labute approximate surface area is 147 Å². The molecule has 1 heterocycles. The smallest absolute Gasteiger partial charge is 0.298 e. The number of benzene rings is 2. The predicted octanol–water partition coefficient (Wildman–Crippen LogP) is 1.81. The SMILES string of the molecule is C[C@H]1Oc2ccccc2C=C1/C=N\NC(=O)[C@H]([NH3+])Cc1ccccc1. The Balaban J connectivity index is 1.59. The van der Waals surface area contributed by atoms with Gasteiger partial charge in [0.15, 0.2) is 6.04 Å². The fourth-order valence-corrected chi connectivity index (χ4v) is 2.66. The summed E-state index contributed by atoms with van der Waals surface area (Å²) < 4.78 is 5.84. The lowest BCUT2D eigenvalue weighted by Crippen LogP contribution is -2.68. The zero-order valence-corrected chi connectivity index (χ0v) is 14.2. The number of hydrazone groups is 1. The number of rotatable bonds is 5. The molecule has 0 aromatic heterocycles. The van der Waals surface area contributed by atoms with Crippen LogP contribution in [0.4, 0.5) is 0 Å². The van der Waals surface area contributed by atoms with Gasteiger partial charge in [0.2, 0.25) is 0 Å². The molecule has 25 heavy (non-hydrogen) atoms. The molecule has 0 radical (unpaired) electrons. The molecular weight excluding hydrogens is 314 g/mol. The number of amides is 1. The van der Waals surface area contributed by atoms with Crippen molar-refractivity contribution in [3.8, 4) is 5.75 Å². The van der Waals surface area contributed by atoms with Gasteiger partial charge in [0, 0.05) is 17.6 Å². The largest absolute Gasteiger partial charge is 0.485 e. The molecule has 5 heteroatoms. The van der Waals surface area contributed by atoms with E-state index in [0.29, 0.717) is 6.42 Å². The fourth-order valence-electron chi connectivity index (χ4n) is 2.66. The maximum absolute atomic E-state index is 12.1. The highest BCUT2D eigenvalue weighted by Crippen LogP contribution is 2.28. The molecule has 2 atom stereocenters. The molecule has 0 saturated carbocycles. The first kappa shape index (κ1) is 16.9. The highest BCUT2D eigenvalue weighted by molar-refractivity contribution is 5.90. The molecule has 0 fully saturated rings. The summed E-state index contributed by atoms with van der Waals surface area (Å²) in [6.07, 6.45) is 4.12. The Kier molecular flexibility index (Phi) is 5.26. The molecule has 4 N–H and O–H groups in total. The van der Waals surface area contributed by atoms with Crippen LogP contribution < -0.4 is 15.9 Å². The van der Waals surface area contributed by atoms with Gasteiger partial charge in [-0.1, -0.05) is 48.5 Å². The van der Waals surface area contributed by atoms with Crippen molar-refractivity contribution in [2.75, 3.05) is 0 Å². The standard InChI is InChI=1S/C20H21N3O2/c1-14-17(12-16-9-5-6-10-19(16)25-14)13-22-23-20(24)18(21)11-15-7-3-2-4-8-15/h2-10,12-14,18H,11,21H2,1H3,(H,23,24)/p+1/b22-13-/t14-,18-/m1/s1. The van der Waals surface area contributed by atoms with Gasteiger partial charge >= 0.3 is 0 Å². The van der Waals surface area contributed by atoms with Gasteiger partial charge in [0.25, 0.3) is 5.91 Å². The lowest BCUT2D eigenvalue weighted by atomic mass is 10.0. The van der Waals surface area contributed by atoms with E-state index in [1.807, 2.05) is 67.6 Å². The molecule has 5 nitrogen and oxygen atoms in total. The topological polar surface area (TPSA) is 78.3 Å². The normalized spacial score (nSPS) is 17.4. The van der Waals surface area contributed by atoms with E-state index in [4.69, 9.17) is 4.74 Å². The van der Waals surface area contributed by atoms with Gasteiger partial charge in [-0.2, -0.15) is 5.10 Å². The van der Waals surface area contributed by atoms with E-state index in [0.717, 1.165) is 22.4 Å². The number of hydrogen-bond donors (Lipinski definition) is 2. The second-order valence-electron chi connectivity index (χ2n) is 6.06. The van der Waals surface area contributed by atoms with Crippen LogP contribution in [0.25, 0.3) is 6.08 Å². The van der Waals surface area contributed by atoms with E-state index in [9.17, 15) is 4.79 Å². The monoisotopic (exact) mass is 336 g/mol. The minimum absolute atomic E-state index is 0.115. The Morgan fingerprint density at radius 2 is 1.96 bits per heavy atom. The van der Waals surface area contributed by atoms with Crippen molar-refractivity contribution in [3.05, 3.63) is 71.3 Å². The Bertz CT molecular complexity index is 800. The molecule has 0 aliphatic carbocycles. The summed E-state index contributed by atoms with van der Waals surface area (Å²) >= 11 is 0. The van der Waals surface area contributed by atoms with E-state index >= 15 is 0 Å². The first-order valence-corrected chi connectivity index (χ1v) is 8.30. The predicted molar refractivity (Wildman–Crippen MR) is 98.0 cm³/mol. The number of fused-ring (bicyclic) bond motifs is 1. The van der Waals surface area contributed by atoms with Gasteiger partial charge in [0.05, 0.1) is 6.21 Å². The summed E-state index contributed by atoms with van der Waals surface area (Å²) in [5.74, 6) is 0.655. The van der Waals surface area contributed by atoms with Crippen molar-refractivity contribution in [3.63, 3.8) is 0 Å². The maximum atomic E-state index is 12.1. The van der Waals surface area contributed by atoms with Crippen molar-refractivity contribution in [2.24, 2.45) is 5.10 Å². The summed E-state index contributed by atoms with van der Waals surface area (Å²) in [6.45, 7) is 1.95. The number of carbonyl (C=O) groups is 1. The molecule has 3 rings (SSSR count). The van der Waals surface area contributed by atoms with Gasteiger partial charge in [-0.15, -0.1) is 0 Å². The number of nitrogens with one attached hydrogen (secondary N) is 1. The summed E-state index contributed by atoms with van der Waals surface area (Å²) in [5.41, 5.74) is 9.48. The van der Waals surface area contributed by atoms with E-state index in [2.05, 4.69) is 16.3 Å². The van der Waals surface area contributed by atoms with Gasteiger partial charge in [0.1, 0.15) is 11.9 Å². The van der Waals surface area contributed by atoms with Crippen LogP contribution in [0.15, 0.2) is 65.3 Å². The molecule has 1 aliphatic heterocycles. The zero-order valence-electron chi connectivity index (χ0n) is 14.2. The van der Waals surface area contributed by atoms with E-state index in [-0.39, 0.29) is 12.0 Å². The van der Waals surface area contributed by atoms with Crippen molar-refractivity contribution < 1.29 is 15.3 Å². The Morgan fingerprint density at radius 1 is 1.24 bits per heavy atom. The van der Waals surface area contributed by atoms with Crippen LogP contribution >= 0.6 is 0 Å². The molecule has 2 aromatic rings. The van der Waals surface area contributed by atoms with Crippen molar-refractivity contribution >= 4 is 18.2 Å². The van der Waals surface area contributed by atoms with Crippen LogP contribution in [0.2, 0.25) is 0 Å². The second-order valence-corrected chi connectivity index (χ2v) is 6.06. The highest BCUT2D eigenvalue weighted by atomic mass is 16.5. The third-order valence-electron chi connectivity index (χ3n) is 4.10. The lowest BCUT2D eigenvalue weighted by molar-refractivity contribution is -0.403. The number of carbonyl (C=O) groups excluding carboxylic acids is 1. The van der Waals surface area contributed by atoms with Crippen LogP contribution in [-0.4, -0.2) is 24.3 Å². The third kappa shape index (κ3) is 4.33. The number of para-hydroxylation sites is 1. The minimum atomic E-state index is -0.394. The van der Waals surface area contributed by atoms with Crippen LogP contribution in [0.5, 0.6) is 5.75 Å². The Morgan fingerprint density at radius 3 is 2.76 bits per heavy atom. The molecule has 0 unspecified atom stereocenters. The molecular formula is C20H22N3O2+. The van der Waals surface area contributed by atoms with Gasteiger partial charge < -0.3 is 10.5 Å². The number of hydrogen-bond acceptors (Lipinski definition) is 3. The van der Waals surface area contributed by atoms with Gasteiger partial charge in [-0.05, 0) is 24.6 Å². The molecule has 1 amide bonds. The second kappa shape index (κ2) is 7.77. The fraction of sp³-hybridized carbons (Fsp3) is 0.200. The average molecular weight is 336 g/mol. The van der Waals surface area contributed by atoms with Crippen molar-refractivity contribution in [1.29, 1.82) is 0 Å². The van der Waals surface area contributed by atoms with E-state index < -0.39 is 6.04 Å². The van der Waals surface area contributed by atoms with Crippen LogP contribution in [0.3, 0.4) is 0 Å². The number of quaternary nitrogens is 1. The molecule has 0 saturated heterocycles. The molecule has 128 valence electrons. The zero-order chi connectivity index (χ0) is 17.6. The first-order chi connectivity index (χ1) is 12.1. The summed E-state index contributed by atoms with van der Waals surface area (Å²) in [4.78, 5) is 12.1. The molecule has 0 spiro atoms. The summed E-state index contributed by atoms with van der Waals surface area (Å²) in [5, 5.41) is 4.07.